The van der Waals surface area contributed by atoms with Crippen molar-refractivity contribution in [3.8, 4) is 0 Å². The van der Waals surface area contributed by atoms with Crippen LogP contribution in [0.4, 0.5) is 0 Å². The Kier molecular flexibility index (Phi) is 2.82. The quantitative estimate of drug-likeness (QED) is 0.476. The summed E-state index contributed by atoms with van der Waals surface area (Å²) in [4.78, 5) is 25.4. The van der Waals surface area contributed by atoms with Crippen molar-refractivity contribution in [3.05, 3.63) is 32.6 Å². The van der Waals surface area contributed by atoms with Gasteiger partial charge in [-0.15, -0.1) is 0 Å². The van der Waals surface area contributed by atoms with Gasteiger partial charge in [0.05, 0.1) is 6.10 Å². The average molecular weight is 270 g/mol. The number of rotatable bonds is 2. The molecule has 0 aliphatic carbocycles. The van der Waals surface area contributed by atoms with Gasteiger partial charge in [0.1, 0.15) is 12.2 Å². The van der Waals surface area contributed by atoms with Gasteiger partial charge in [0.15, 0.2) is 6.23 Å². The zero-order valence-corrected chi connectivity index (χ0v) is 9.89. The molecule has 1 fully saturated rings. The Morgan fingerprint density at radius 3 is 2.74 bits per heavy atom. The van der Waals surface area contributed by atoms with E-state index < -0.39 is 41.7 Å². The molecule has 1 saturated heterocycles. The highest BCUT2D eigenvalue weighted by Crippen LogP contribution is 2.43. The molecule has 0 spiro atoms. The topological polar surface area (TPSA) is 125 Å². The Bertz CT molecular complexity index is 608. The van der Waals surface area contributed by atoms with E-state index in [0.717, 1.165) is 4.57 Å². The molecule has 19 heavy (non-hydrogen) atoms. The highest BCUT2D eigenvalue weighted by Gasteiger charge is 2.52. The van der Waals surface area contributed by atoms with Crippen molar-refractivity contribution >= 4 is 0 Å². The first-order chi connectivity index (χ1) is 9.04. The predicted molar refractivity (Wildman–Crippen MR) is 61.7 cm³/mol. The standard InChI is InChI=1S/C11H14N2O6/c14-2-1-4-5-3-6(15)12-11(18)13(5)10-8(17)7(16)9(4)19-10/h3-4,7-10,14,16-17H,1-2H2,(H,12,15,18)/t4-,7+,8+,9-,10+/m1/s1. The lowest BCUT2D eigenvalue weighted by Gasteiger charge is -2.32. The van der Waals surface area contributed by atoms with Crippen molar-refractivity contribution in [1.29, 1.82) is 0 Å². The van der Waals surface area contributed by atoms with Gasteiger partial charge in [0.25, 0.3) is 5.56 Å². The summed E-state index contributed by atoms with van der Waals surface area (Å²) < 4.78 is 6.60. The van der Waals surface area contributed by atoms with Crippen LogP contribution in [0, 0.1) is 0 Å². The monoisotopic (exact) mass is 270 g/mol. The third-order valence-electron chi connectivity index (χ3n) is 3.75. The lowest BCUT2D eigenvalue weighted by atomic mass is 9.91. The third-order valence-corrected chi connectivity index (χ3v) is 3.75. The van der Waals surface area contributed by atoms with Gasteiger partial charge in [-0.1, -0.05) is 0 Å². The lowest BCUT2D eigenvalue weighted by molar-refractivity contribution is -0.0729. The molecule has 5 atom stereocenters. The molecule has 2 aliphatic heterocycles. The van der Waals surface area contributed by atoms with Crippen LogP contribution in [-0.4, -0.2) is 49.8 Å². The van der Waals surface area contributed by atoms with Gasteiger partial charge in [-0.05, 0) is 6.42 Å². The van der Waals surface area contributed by atoms with E-state index in [1.807, 2.05) is 0 Å². The zero-order valence-electron chi connectivity index (χ0n) is 9.89. The Morgan fingerprint density at radius 2 is 2.05 bits per heavy atom. The summed E-state index contributed by atoms with van der Waals surface area (Å²) in [6.45, 7) is -0.182. The molecule has 3 rings (SSSR count). The highest BCUT2D eigenvalue weighted by atomic mass is 16.6. The summed E-state index contributed by atoms with van der Waals surface area (Å²) >= 11 is 0. The van der Waals surface area contributed by atoms with Crippen molar-refractivity contribution in [2.75, 3.05) is 6.61 Å². The fourth-order valence-corrected chi connectivity index (χ4v) is 2.92. The first-order valence-electron chi connectivity index (χ1n) is 6.03. The average Bonchev–Trinajstić information content (AvgIpc) is 2.60. The normalized spacial score (nSPS) is 36.3. The second kappa shape index (κ2) is 4.27. The summed E-state index contributed by atoms with van der Waals surface area (Å²) in [5.74, 6) is -0.511. The number of aliphatic hydroxyl groups excluding tert-OH is 3. The van der Waals surface area contributed by atoms with Gasteiger partial charge >= 0.3 is 5.69 Å². The molecule has 0 amide bonds. The van der Waals surface area contributed by atoms with E-state index in [-0.39, 0.29) is 13.0 Å². The van der Waals surface area contributed by atoms with Gasteiger partial charge in [-0.2, -0.15) is 0 Å². The molecule has 0 radical (unpaired) electrons. The van der Waals surface area contributed by atoms with E-state index in [2.05, 4.69) is 4.98 Å². The number of aromatic nitrogens is 2. The number of aromatic amines is 1. The molecule has 2 aliphatic rings. The van der Waals surface area contributed by atoms with Gasteiger partial charge in [-0.3, -0.25) is 14.3 Å². The van der Waals surface area contributed by atoms with Crippen LogP contribution in [0.5, 0.6) is 0 Å². The molecular formula is C11H14N2O6. The van der Waals surface area contributed by atoms with Gasteiger partial charge in [-0.25, -0.2) is 4.79 Å². The zero-order chi connectivity index (χ0) is 13.7. The minimum absolute atomic E-state index is 0.182. The summed E-state index contributed by atoms with van der Waals surface area (Å²) in [5, 5.41) is 28.9. The van der Waals surface area contributed by atoms with Gasteiger partial charge < -0.3 is 20.1 Å². The van der Waals surface area contributed by atoms with E-state index in [1.54, 1.807) is 0 Å². The van der Waals surface area contributed by atoms with Crippen molar-refractivity contribution in [3.63, 3.8) is 0 Å². The van der Waals surface area contributed by atoms with Crippen LogP contribution < -0.4 is 11.2 Å². The fraction of sp³-hybridized carbons (Fsp3) is 0.636. The summed E-state index contributed by atoms with van der Waals surface area (Å²) in [5.41, 5.74) is -0.869. The van der Waals surface area contributed by atoms with Gasteiger partial charge in [0, 0.05) is 24.3 Å². The van der Waals surface area contributed by atoms with Crippen LogP contribution >= 0.6 is 0 Å². The van der Waals surface area contributed by atoms with Crippen LogP contribution in [0.3, 0.4) is 0 Å². The molecule has 3 heterocycles. The Hall–Kier alpha value is -1.48. The smallest absolute Gasteiger partial charge is 0.330 e. The molecule has 8 nitrogen and oxygen atoms in total. The summed E-state index contributed by atoms with van der Waals surface area (Å²) in [6, 6.07) is 1.25. The molecular weight excluding hydrogens is 256 g/mol. The van der Waals surface area contributed by atoms with Crippen molar-refractivity contribution < 1.29 is 20.1 Å². The van der Waals surface area contributed by atoms with Gasteiger partial charge in [0.2, 0.25) is 0 Å². The molecule has 0 unspecified atom stereocenters. The van der Waals surface area contributed by atoms with Crippen LogP contribution in [0.15, 0.2) is 15.7 Å². The lowest BCUT2D eigenvalue weighted by Crippen LogP contribution is -2.42. The maximum absolute atomic E-state index is 11.8. The number of nitrogens with one attached hydrogen (secondary N) is 1. The molecule has 104 valence electrons. The molecule has 2 bridgehead atoms. The number of H-pyrrole nitrogens is 1. The molecule has 1 aromatic heterocycles. The van der Waals surface area contributed by atoms with E-state index in [1.165, 1.54) is 6.07 Å². The summed E-state index contributed by atoms with van der Waals surface area (Å²) in [7, 11) is 0. The Balaban J connectivity index is 2.22. The number of ether oxygens (including phenoxy) is 1. The maximum Gasteiger partial charge on any atom is 0.330 e. The highest BCUT2D eigenvalue weighted by molar-refractivity contribution is 5.18. The summed E-state index contributed by atoms with van der Waals surface area (Å²) in [6.07, 6.45) is -3.90. The third kappa shape index (κ3) is 1.68. The number of fused-ring (bicyclic) bond motifs is 4. The molecule has 0 saturated carbocycles. The molecule has 0 aromatic carbocycles. The second-order valence-corrected chi connectivity index (χ2v) is 4.82. The van der Waals surface area contributed by atoms with Crippen molar-refractivity contribution in [1.82, 2.24) is 9.55 Å². The molecule has 8 heteroatoms. The first kappa shape index (κ1) is 12.5. The van der Waals surface area contributed by atoms with Crippen LogP contribution in [0.1, 0.15) is 24.3 Å². The largest absolute Gasteiger partial charge is 0.396 e. The maximum atomic E-state index is 11.8. The van der Waals surface area contributed by atoms with E-state index in [0.29, 0.717) is 5.69 Å². The number of aliphatic hydroxyl groups is 3. The van der Waals surface area contributed by atoms with Crippen molar-refractivity contribution in [2.45, 2.75) is 36.9 Å². The van der Waals surface area contributed by atoms with E-state index in [4.69, 9.17) is 9.84 Å². The van der Waals surface area contributed by atoms with Crippen LogP contribution in [0.25, 0.3) is 0 Å². The minimum atomic E-state index is -1.24. The first-order valence-corrected chi connectivity index (χ1v) is 6.03. The van der Waals surface area contributed by atoms with Crippen molar-refractivity contribution in [2.24, 2.45) is 0 Å². The Labute approximate surface area is 106 Å². The molecule has 4 N–H and O–H groups in total. The molecule has 1 aromatic rings. The van der Waals surface area contributed by atoms with Crippen LogP contribution in [-0.2, 0) is 4.74 Å². The number of hydrogen-bond donors (Lipinski definition) is 4. The fourth-order valence-electron chi connectivity index (χ4n) is 2.92. The SMILES string of the molecule is O=c1cc2n(c(=O)[nH]1)[C@H]1O[C@@H]([C@@H](O)[C@@H]1O)[C@@H]2CCO. The number of hydrogen-bond acceptors (Lipinski definition) is 6. The van der Waals surface area contributed by atoms with E-state index >= 15 is 0 Å². The predicted octanol–water partition coefficient (Wildman–Crippen LogP) is -2.36. The number of nitrogens with zero attached hydrogens (tertiary/aromatic N) is 1. The Morgan fingerprint density at radius 1 is 1.32 bits per heavy atom. The van der Waals surface area contributed by atoms with E-state index in [9.17, 15) is 19.8 Å². The second-order valence-electron chi connectivity index (χ2n) is 4.82. The van der Waals surface area contributed by atoms with Crippen LogP contribution in [0.2, 0.25) is 0 Å². The minimum Gasteiger partial charge on any atom is -0.396 e.